The van der Waals surface area contributed by atoms with E-state index < -0.39 is 0 Å². The average Bonchev–Trinajstić information content (AvgIpc) is 3.09. The summed E-state index contributed by atoms with van der Waals surface area (Å²) in [4.78, 5) is 8.16. The fraction of sp³-hybridized carbons (Fsp3) is 0.667. The normalized spacial score (nSPS) is 16.6. The second kappa shape index (κ2) is 5.31. The lowest BCUT2D eigenvalue weighted by Crippen LogP contribution is -2.17. The maximum absolute atomic E-state index is 8.98. The Morgan fingerprint density at radius 2 is 2.29 bits per heavy atom. The summed E-state index contributed by atoms with van der Waals surface area (Å²) in [5, 5.41) is 12.3. The van der Waals surface area contributed by atoms with Gasteiger partial charge in [0.15, 0.2) is 0 Å². The minimum Gasteiger partial charge on any atom is -0.478 e. The number of aromatic nitrogens is 2. The summed E-state index contributed by atoms with van der Waals surface area (Å²) in [6.45, 7) is 3.65. The number of ether oxygens (including phenoxy) is 1. The molecule has 0 radical (unpaired) electrons. The first-order valence-corrected chi connectivity index (χ1v) is 6.07. The number of aliphatic hydroxyl groups is 1. The Balaban J connectivity index is 1.88. The number of hydrogen-bond acceptors (Lipinski definition) is 5. The fourth-order valence-electron chi connectivity index (χ4n) is 1.87. The van der Waals surface area contributed by atoms with Gasteiger partial charge in [0, 0.05) is 19.2 Å². The second-order valence-corrected chi connectivity index (χ2v) is 4.50. The lowest BCUT2D eigenvalue weighted by Gasteiger charge is -2.15. The van der Waals surface area contributed by atoms with Crippen LogP contribution in [0, 0.1) is 5.41 Å². The molecule has 1 aromatic heterocycles. The van der Waals surface area contributed by atoms with Crippen molar-refractivity contribution in [2.24, 2.45) is 5.41 Å². The number of hydrogen-bond donors (Lipinski definition) is 2. The molecule has 17 heavy (non-hydrogen) atoms. The Kier molecular flexibility index (Phi) is 3.78. The summed E-state index contributed by atoms with van der Waals surface area (Å²) >= 11 is 0. The van der Waals surface area contributed by atoms with Gasteiger partial charge in [0.05, 0.1) is 6.61 Å². The highest BCUT2D eigenvalue weighted by Crippen LogP contribution is 2.48. The predicted octanol–water partition coefficient (Wildman–Crippen LogP) is 1.45. The molecule has 0 aliphatic heterocycles. The Hall–Kier alpha value is -1.36. The van der Waals surface area contributed by atoms with Crippen LogP contribution in [0.25, 0.3) is 0 Å². The van der Waals surface area contributed by atoms with Gasteiger partial charge in [-0.15, -0.1) is 0 Å². The van der Waals surface area contributed by atoms with Crippen molar-refractivity contribution in [2.75, 3.05) is 25.1 Å². The van der Waals surface area contributed by atoms with E-state index in [1.165, 1.54) is 19.2 Å². The van der Waals surface area contributed by atoms with E-state index in [2.05, 4.69) is 15.3 Å². The van der Waals surface area contributed by atoms with Crippen LogP contribution in [0.5, 0.6) is 5.88 Å². The average molecular weight is 237 g/mol. The molecule has 5 nitrogen and oxygen atoms in total. The Morgan fingerprint density at radius 3 is 2.94 bits per heavy atom. The third-order valence-electron chi connectivity index (χ3n) is 3.18. The Labute approximate surface area is 101 Å². The molecular formula is C12H19N3O2. The van der Waals surface area contributed by atoms with E-state index in [0.717, 1.165) is 18.8 Å². The summed E-state index contributed by atoms with van der Waals surface area (Å²) in [6.07, 6.45) is 4.73. The molecule has 2 rings (SSSR count). The van der Waals surface area contributed by atoms with Crippen LogP contribution in [0.15, 0.2) is 12.4 Å². The summed E-state index contributed by atoms with van der Waals surface area (Å²) in [5.41, 5.74) is 0.283. The van der Waals surface area contributed by atoms with Gasteiger partial charge < -0.3 is 15.2 Å². The van der Waals surface area contributed by atoms with E-state index in [9.17, 15) is 0 Å². The standard InChI is InChI=1S/C12H19N3O2/c1-2-17-11-7-10(14-9-15-11)13-8-12(3-4-12)5-6-16/h7,9,16H,2-6,8H2,1H3,(H,13,14,15). The number of aliphatic hydroxyl groups excluding tert-OH is 1. The number of rotatable bonds is 7. The van der Waals surface area contributed by atoms with Gasteiger partial charge in [-0.25, -0.2) is 9.97 Å². The van der Waals surface area contributed by atoms with Crippen LogP contribution in [0.4, 0.5) is 5.82 Å². The van der Waals surface area contributed by atoms with E-state index >= 15 is 0 Å². The third kappa shape index (κ3) is 3.30. The first kappa shape index (κ1) is 12.1. The molecule has 1 fully saturated rings. The predicted molar refractivity (Wildman–Crippen MR) is 65.1 cm³/mol. The molecule has 1 aliphatic carbocycles. The van der Waals surface area contributed by atoms with Crippen molar-refractivity contribution in [1.82, 2.24) is 9.97 Å². The van der Waals surface area contributed by atoms with Crippen molar-refractivity contribution in [1.29, 1.82) is 0 Å². The van der Waals surface area contributed by atoms with Crippen LogP contribution in [-0.4, -0.2) is 34.8 Å². The van der Waals surface area contributed by atoms with Crippen LogP contribution < -0.4 is 10.1 Å². The molecule has 0 amide bonds. The first-order valence-electron chi connectivity index (χ1n) is 6.07. The number of anilines is 1. The maximum atomic E-state index is 8.98. The van der Waals surface area contributed by atoms with Crippen LogP contribution >= 0.6 is 0 Å². The second-order valence-electron chi connectivity index (χ2n) is 4.50. The lowest BCUT2D eigenvalue weighted by molar-refractivity contribution is 0.253. The molecule has 94 valence electrons. The molecule has 1 aromatic rings. The van der Waals surface area contributed by atoms with Gasteiger partial charge in [0.2, 0.25) is 5.88 Å². The smallest absolute Gasteiger partial charge is 0.218 e. The van der Waals surface area contributed by atoms with Gasteiger partial charge in [-0.3, -0.25) is 0 Å². The van der Waals surface area contributed by atoms with E-state index in [1.807, 2.05) is 6.92 Å². The van der Waals surface area contributed by atoms with Gasteiger partial charge >= 0.3 is 0 Å². The highest BCUT2D eigenvalue weighted by Gasteiger charge is 2.41. The molecule has 0 bridgehead atoms. The summed E-state index contributed by atoms with van der Waals surface area (Å²) < 4.78 is 5.31. The highest BCUT2D eigenvalue weighted by atomic mass is 16.5. The minimum atomic E-state index is 0.260. The van der Waals surface area contributed by atoms with Gasteiger partial charge in [-0.2, -0.15) is 0 Å². The minimum absolute atomic E-state index is 0.260. The Morgan fingerprint density at radius 1 is 1.47 bits per heavy atom. The zero-order valence-electron chi connectivity index (χ0n) is 10.1. The highest BCUT2D eigenvalue weighted by molar-refractivity contribution is 5.37. The third-order valence-corrected chi connectivity index (χ3v) is 3.18. The topological polar surface area (TPSA) is 67.3 Å². The van der Waals surface area contributed by atoms with Crippen LogP contribution in [0.3, 0.4) is 0 Å². The van der Waals surface area contributed by atoms with Gasteiger partial charge in [0.1, 0.15) is 12.1 Å². The van der Waals surface area contributed by atoms with Gasteiger partial charge in [-0.05, 0) is 31.6 Å². The van der Waals surface area contributed by atoms with Crippen molar-refractivity contribution in [2.45, 2.75) is 26.2 Å². The molecule has 5 heteroatoms. The quantitative estimate of drug-likeness (QED) is 0.751. The zero-order chi connectivity index (χ0) is 12.1. The molecular weight excluding hydrogens is 218 g/mol. The van der Waals surface area contributed by atoms with E-state index in [0.29, 0.717) is 12.5 Å². The van der Waals surface area contributed by atoms with Gasteiger partial charge in [-0.1, -0.05) is 0 Å². The molecule has 1 saturated carbocycles. The zero-order valence-corrected chi connectivity index (χ0v) is 10.1. The van der Waals surface area contributed by atoms with Crippen molar-refractivity contribution < 1.29 is 9.84 Å². The molecule has 0 unspecified atom stereocenters. The molecule has 0 atom stereocenters. The summed E-state index contributed by atoms with van der Waals surface area (Å²) in [5.74, 6) is 1.38. The SMILES string of the molecule is CCOc1cc(NCC2(CCO)CC2)ncn1. The van der Waals surface area contributed by atoms with Crippen molar-refractivity contribution >= 4 is 5.82 Å². The van der Waals surface area contributed by atoms with Crippen molar-refractivity contribution in [3.63, 3.8) is 0 Å². The molecule has 1 aliphatic rings. The van der Waals surface area contributed by atoms with Crippen molar-refractivity contribution in [3.05, 3.63) is 12.4 Å². The number of nitrogens with one attached hydrogen (secondary N) is 1. The van der Waals surface area contributed by atoms with Gasteiger partial charge in [0.25, 0.3) is 0 Å². The van der Waals surface area contributed by atoms with Crippen molar-refractivity contribution in [3.8, 4) is 5.88 Å². The van der Waals surface area contributed by atoms with E-state index in [4.69, 9.17) is 9.84 Å². The van der Waals surface area contributed by atoms with E-state index in [-0.39, 0.29) is 12.0 Å². The largest absolute Gasteiger partial charge is 0.478 e. The summed E-state index contributed by atoms with van der Waals surface area (Å²) in [7, 11) is 0. The molecule has 0 aromatic carbocycles. The van der Waals surface area contributed by atoms with Crippen LogP contribution in [0.1, 0.15) is 26.2 Å². The van der Waals surface area contributed by atoms with Crippen LogP contribution in [-0.2, 0) is 0 Å². The molecule has 0 spiro atoms. The Bertz CT molecular complexity index is 367. The molecule has 2 N–H and O–H groups in total. The fourth-order valence-corrected chi connectivity index (χ4v) is 1.87. The maximum Gasteiger partial charge on any atom is 0.218 e. The monoisotopic (exact) mass is 237 g/mol. The first-order chi connectivity index (χ1) is 8.28. The number of nitrogens with zero attached hydrogens (tertiary/aromatic N) is 2. The molecule has 1 heterocycles. The van der Waals surface area contributed by atoms with Crippen LogP contribution in [0.2, 0.25) is 0 Å². The lowest BCUT2D eigenvalue weighted by atomic mass is 10.0. The summed E-state index contributed by atoms with van der Waals surface area (Å²) in [6, 6.07) is 1.80. The molecule has 0 saturated heterocycles. The van der Waals surface area contributed by atoms with E-state index in [1.54, 1.807) is 6.07 Å².